The molecular formula is C16H32N2O4S. The molecule has 0 aromatic heterocycles. The summed E-state index contributed by atoms with van der Waals surface area (Å²) in [6.07, 6.45) is -0.959. The Bertz CT molecular complexity index is 377. The number of carbonyl (C=O) groups is 2. The molecular weight excluding hydrogens is 316 g/mol. The Morgan fingerprint density at radius 3 is 2.13 bits per heavy atom. The average Bonchev–Trinajstić information content (AvgIpc) is 2.43. The first kappa shape index (κ1) is 22.2. The number of carbonyl (C=O) groups excluding carboxylic acids is 2. The van der Waals surface area contributed by atoms with E-state index in [2.05, 4.69) is 19.2 Å². The molecule has 0 aliphatic heterocycles. The van der Waals surface area contributed by atoms with Crippen molar-refractivity contribution in [1.82, 2.24) is 5.32 Å². The Balaban J connectivity index is 4.94. The van der Waals surface area contributed by atoms with Crippen LogP contribution >= 0.6 is 11.8 Å². The van der Waals surface area contributed by atoms with Crippen LogP contribution in [0.15, 0.2) is 0 Å². The second-order valence-electron chi connectivity index (χ2n) is 6.06. The number of hydrogen-bond donors (Lipinski definition) is 2. The highest BCUT2D eigenvalue weighted by atomic mass is 32.2. The van der Waals surface area contributed by atoms with Crippen LogP contribution in [0.25, 0.3) is 0 Å². The van der Waals surface area contributed by atoms with E-state index in [1.54, 1.807) is 25.6 Å². The highest BCUT2D eigenvalue weighted by Gasteiger charge is 2.33. The molecule has 1 amide bonds. The van der Waals surface area contributed by atoms with Gasteiger partial charge >= 0.3 is 5.97 Å². The SMILES string of the molecule is CCOC(=O)[C@@H](C)NC(=O)C(OC(C)C)[C@@H](N)C(C)SC(C)C. The van der Waals surface area contributed by atoms with Gasteiger partial charge in [-0.05, 0) is 32.9 Å². The predicted molar refractivity (Wildman–Crippen MR) is 94.4 cm³/mol. The summed E-state index contributed by atoms with van der Waals surface area (Å²) in [5.41, 5.74) is 6.25. The molecule has 0 aliphatic rings. The molecule has 0 aromatic carbocycles. The van der Waals surface area contributed by atoms with Gasteiger partial charge in [0.25, 0.3) is 5.91 Å². The molecule has 0 fully saturated rings. The molecule has 0 saturated carbocycles. The molecule has 4 atom stereocenters. The average molecular weight is 349 g/mol. The minimum absolute atomic E-state index is 0.0439. The third-order valence-electron chi connectivity index (χ3n) is 3.05. The van der Waals surface area contributed by atoms with Crippen LogP contribution in [0.5, 0.6) is 0 Å². The zero-order chi connectivity index (χ0) is 18.2. The lowest BCUT2D eigenvalue weighted by Gasteiger charge is -2.30. The number of rotatable bonds is 10. The second-order valence-corrected chi connectivity index (χ2v) is 8.01. The molecule has 0 bridgehead atoms. The number of ether oxygens (including phenoxy) is 2. The van der Waals surface area contributed by atoms with Crippen molar-refractivity contribution in [2.45, 2.75) is 83.3 Å². The third kappa shape index (κ3) is 8.58. The van der Waals surface area contributed by atoms with Gasteiger partial charge in [0.2, 0.25) is 0 Å². The molecule has 136 valence electrons. The van der Waals surface area contributed by atoms with Crippen molar-refractivity contribution in [1.29, 1.82) is 0 Å². The maximum absolute atomic E-state index is 12.5. The number of amides is 1. The Morgan fingerprint density at radius 2 is 1.70 bits per heavy atom. The van der Waals surface area contributed by atoms with Crippen LogP contribution in [0.3, 0.4) is 0 Å². The van der Waals surface area contributed by atoms with Gasteiger partial charge in [0.05, 0.1) is 18.8 Å². The van der Waals surface area contributed by atoms with Crippen LogP contribution < -0.4 is 11.1 Å². The molecule has 0 radical (unpaired) electrons. The topological polar surface area (TPSA) is 90.6 Å². The van der Waals surface area contributed by atoms with Gasteiger partial charge in [-0.2, -0.15) is 11.8 Å². The molecule has 0 saturated heterocycles. The summed E-state index contributed by atoms with van der Waals surface area (Å²) < 4.78 is 10.6. The molecule has 0 aliphatic carbocycles. The lowest BCUT2D eigenvalue weighted by Crippen LogP contribution is -2.55. The van der Waals surface area contributed by atoms with E-state index in [0.29, 0.717) is 5.25 Å². The van der Waals surface area contributed by atoms with Crippen molar-refractivity contribution in [2.75, 3.05) is 6.61 Å². The highest BCUT2D eigenvalue weighted by molar-refractivity contribution is 8.00. The Labute approximate surface area is 144 Å². The molecule has 0 spiro atoms. The Hall–Kier alpha value is -0.790. The van der Waals surface area contributed by atoms with Crippen molar-refractivity contribution in [3.63, 3.8) is 0 Å². The maximum Gasteiger partial charge on any atom is 0.328 e. The van der Waals surface area contributed by atoms with Crippen LogP contribution in [0.2, 0.25) is 0 Å². The molecule has 23 heavy (non-hydrogen) atoms. The van der Waals surface area contributed by atoms with Crippen molar-refractivity contribution in [3.8, 4) is 0 Å². The van der Waals surface area contributed by atoms with Crippen LogP contribution in [0, 0.1) is 0 Å². The van der Waals surface area contributed by atoms with E-state index in [4.69, 9.17) is 15.2 Å². The number of nitrogens with two attached hydrogens (primary N) is 1. The van der Waals surface area contributed by atoms with E-state index in [9.17, 15) is 9.59 Å². The van der Waals surface area contributed by atoms with Crippen LogP contribution in [0.1, 0.15) is 48.5 Å². The zero-order valence-corrected chi connectivity index (χ0v) is 16.1. The second kappa shape index (κ2) is 10.9. The fourth-order valence-corrected chi connectivity index (χ4v) is 3.19. The van der Waals surface area contributed by atoms with Gasteiger partial charge in [-0.1, -0.05) is 20.8 Å². The van der Waals surface area contributed by atoms with E-state index in [-0.39, 0.29) is 23.9 Å². The summed E-state index contributed by atoms with van der Waals surface area (Å²) in [6.45, 7) is 13.4. The first-order valence-electron chi connectivity index (χ1n) is 8.13. The predicted octanol–water partition coefficient (Wildman–Crippen LogP) is 1.71. The number of hydrogen-bond acceptors (Lipinski definition) is 6. The standard InChI is InChI=1S/C16H32N2O4S/c1-8-21-16(20)11(6)18-15(19)14(22-9(2)3)13(17)12(7)23-10(4)5/h9-14H,8,17H2,1-7H3,(H,18,19)/t11-,12?,13+,14?/m1/s1. The quantitative estimate of drug-likeness (QED) is 0.584. The lowest BCUT2D eigenvalue weighted by atomic mass is 10.1. The van der Waals surface area contributed by atoms with Crippen LogP contribution in [-0.2, 0) is 19.1 Å². The number of nitrogens with one attached hydrogen (secondary N) is 1. The largest absolute Gasteiger partial charge is 0.464 e. The van der Waals surface area contributed by atoms with Crippen molar-refractivity contribution < 1.29 is 19.1 Å². The lowest BCUT2D eigenvalue weighted by molar-refractivity contribution is -0.149. The van der Waals surface area contributed by atoms with E-state index < -0.39 is 24.2 Å². The van der Waals surface area contributed by atoms with Crippen molar-refractivity contribution in [2.24, 2.45) is 5.73 Å². The minimum Gasteiger partial charge on any atom is -0.464 e. The monoisotopic (exact) mass is 348 g/mol. The molecule has 7 heteroatoms. The molecule has 0 rings (SSSR count). The van der Waals surface area contributed by atoms with Gasteiger partial charge < -0.3 is 20.5 Å². The molecule has 3 N–H and O–H groups in total. The molecule has 2 unspecified atom stereocenters. The van der Waals surface area contributed by atoms with Crippen molar-refractivity contribution in [3.05, 3.63) is 0 Å². The summed E-state index contributed by atoms with van der Waals surface area (Å²) in [7, 11) is 0. The van der Waals surface area contributed by atoms with Crippen LogP contribution in [-0.4, -0.2) is 53.3 Å². The Kier molecular flexibility index (Phi) is 10.5. The molecule has 0 aromatic rings. The van der Waals surface area contributed by atoms with Gasteiger partial charge in [0.15, 0.2) is 6.10 Å². The maximum atomic E-state index is 12.5. The first-order chi connectivity index (χ1) is 10.6. The molecule has 6 nitrogen and oxygen atoms in total. The molecule has 0 heterocycles. The van der Waals surface area contributed by atoms with Gasteiger partial charge in [0, 0.05) is 5.25 Å². The summed E-state index contributed by atoms with van der Waals surface area (Å²) in [5, 5.41) is 3.08. The zero-order valence-electron chi connectivity index (χ0n) is 15.3. The van der Waals surface area contributed by atoms with Gasteiger partial charge in [-0.15, -0.1) is 0 Å². The van der Waals surface area contributed by atoms with E-state index >= 15 is 0 Å². The highest BCUT2D eigenvalue weighted by Crippen LogP contribution is 2.22. The summed E-state index contributed by atoms with van der Waals surface area (Å²) in [4.78, 5) is 24.2. The summed E-state index contributed by atoms with van der Waals surface area (Å²) >= 11 is 1.69. The first-order valence-corrected chi connectivity index (χ1v) is 9.07. The van der Waals surface area contributed by atoms with Gasteiger partial charge in [0.1, 0.15) is 6.04 Å². The van der Waals surface area contributed by atoms with Crippen molar-refractivity contribution >= 4 is 23.6 Å². The van der Waals surface area contributed by atoms with Gasteiger partial charge in [-0.3, -0.25) is 4.79 Å². The van der Waals surface area contributed by atoms with E-state index in [1.807, 2.05) is 20.8 Å². The number of esters is 1. The Morgan fingerprint density at radius 1 is 1.13 bits per heavy atom. The fourth-order valence-electron chi connectivity index (χ4n) is 2.01. The van der Waals surface area contributed by atoms with Gasteiger partial charge in [-0.25, -0.2) is 4.79 Å². The summed E-state index contributed by atoms with van der Waals surface area (Å²) in [6, 6.07) is -1.21. The minimum atomic E-state index is -0.812. The fraction of sp³-hybridized carbons (Fsp3) is 0.875. The number of thioether (sulfide) groups is 1. The summed E-state index contributed by atoms with van der Waals surface area (Å²) in [5.74, 6) is -0.856. The third-order valence-corrected chi connectivity index (χ3v) is 4.34. The van der Waals surface area contributed by atoms with Crippen LogP contribution in [0.4, 0.5) is 0 Å². The normalized spacial score (nSPS) is 16.8. The van der Waals surface area contributed by atoms with E-state index in [1.165, 1.54) is 0 Å². The van der Waals surface area contributed by atoms with E-state index in [0.717, 1.165) is 0 Å². The smallest absolute Gasteiger partial charge is 0.328 e.